The highest BCUT2D eigenvalue weighted by atomic mass is 32.1. The number of para-hydroxylation sites is 1. The van der Waals surface area contributed by atoms with Crippen LogP contribution in [0.3, 0.4) is 0 Å². The normalized spacial score (nSPS) is 15.8. The fourth-order valence-electron chi connectivity index (χ4n) is 2.88. The van der Waals surface area contributed by atoms with Crippen LogP contribution in [0.5, 0.6) is 0 Å². The van der Waals surface area contributed by atoms with E-state index >= 15 is 0 Å². The minimum absolute atomic E-state index is 0.150. The number of carbonyl (C=O) groups excluding carboxylic acids is 1. The number of benzene rings is 1. The number of carbonyl (C=O) groups is 1. The van der Waals surface area contributed by atoms with Gasteiger partial charge in [-0.05, 0) is 30.0 Å². The molecule has 0 spiro atoms. The lowest BCUT2D eigenvalue weighted by Gasteiger charge is -2.21. The fraction of sp³-hybridized carbons (Fsp3) is 0.294. The van der Waals surface area contributed by atoms with Crippen molar-refractivity contribution in [2.75, 3.05) is 31.1 Å². The summed E-state index contributed by atoms with van der Waals surface area (Å²) < 4.78 is 1.22. The van der Waals surface area contributed by atoms with Gasteiger partial charge in [-0.1, -0.05) is 23.5 Å². The summed E-state index contributed by atoms with van der Waals surface area (Å²) in [6.45, 7) is 3.36. The summed E-state index contributed by atoms with van der Waals surface area (Å²) in [5, 5.41) is 4.95. The molecule has 3 aromatic rings. The van der Waals surface area contributed by atoms with Crippen molar-refractivity contribution in [3.8, 4) is 0 Å². The number of anilines is 1. The van der Waals surface area contributed by atoms with Crippen LogP contribution in [0.15, 0.2) is 41.1 Å². The van der Waals surface area contributed by atoms with Gasteiger partial charge in [-0.15, -0.1) is 0 Å². The van der Waals surface area contributed by atoms with Gasteiger partial charge in [0.15, 0.2) is 5.13 Å². The lowest BCUT2D eigenvalue weighted by Crippen LogP contribution is -2.35. The van der Waals surface area contributed by atoms with Gasteiger partial charge in [0.05, 0.1) is 15.8 Å². The van der Waals surface area contributed by atoms with E-state index in [1.165, 1.54) is 4.70 Å². The van der Waals surface area contributed by atoms with Gasteiger partial charge in [0.2, 0.25) is 0 Å². The number of hydrogen-bond acceptors (Lipinski definition) is 5. The van der Waals surface area contributed by atoms with Crippen LogP contribution in [-0.4, -0.2) is 42.0 Å². The Kier molecular flexibility index (Phi) is 4.01. The molecular weight excluding hydrogens is 326 g/mol. The Bertz CT molecular complexity index is 779. The van der Waals surface area contributed by atoms with Crippen molar-refractivity contribution in [2.45, 2.75) is 6.42 Å². The van der Waals surface area contributed by atoms with E-state index in [9.17, 15) is 4.79 Å². The van der Waals surface area contributed by atoms with Crippen molar-refractivity contribution >= 4 is 43.9 Å². The van der Waals surface area contributed by atoms with Crippen molar-refractivity contribution in [3.63, 3.8) is 0 Å². The zero-order chi connectivity index (χ0) is 15.6. The van der Waals surface area contributed by atoms with E-state index in [2.05, 4.69) is 17.0 Å². The summed E-state index contributed by atoms with van der Waals surface area (Å²) in [5.41, 5.74) is 1.87. The topological polar surface area (TPSA) is 36.4 Å². The number of fused-ring (bicyclic) bond motifs is 1. The van der Waals surface area contributed by atoms with Crippen LogP contribution in [0.1, 0.15) is 16.8 Å². The summed E-state index contributed by atoms with van der Waals surface area (Å²) in [4.78, 5) is 21.5. The van der Waals surface area contributed by atoms with E-state index in [-0.39, 0.29) is 5.91 Å². The number of thiophene rings is 1. The molecule has 3 heterocycles. The van der Waals surface area contributed by atoms with Crippen molar-refractivity contribution < 1.29 is 4.79 Å². The van der Waals surface area contributed by atoms with E-state index in [4.69, 9.17) is 4.98 Å². The first-order valence-corrected chi connectivity index (χ1v) is 9.49. The highest BCUT2D eigenvalue weighted by Gasteiger charge is 2.22. The molecule has 1 aliphatic heterocycles. The number of thiazole rings is 1. The summed E-state index contributed by atoms with van der Waals surface area (Å²) in [6.07, 6.45) is 0.978. The van der Waals surface area contributed by atoms with Crippen LogP contribution in [0.25, 0.3) is 10.2 Å². The Morgan fingerprint density at radius 2 is 2.00 bits per heavy atom. The molecule has 0 bridgehead atoms. The lowest BCUT2D eigenvalue weighted by molar-refractivity contribution is 0.0767. The second-order valence-corrected chi connectivity index (χ2v) is 7.40. The molecule has 0 saturated carbocycles. The zero-order valence-electron chi connectivity index (χ0n) is 12.6. The van der Waals surface area contributed by atoms with E-state index in [0.717, 1.165) is 48.8 Å². The van der Waals surface area contributed by atoms with Gasteiger partial charge in [0, 0.05) is 31.6 Å². The second kappa shape index (κ2) is 6.29. The van der Waals surface area contributed by atoms with Crippen molar-refractivity contribution in [1.82, 2.24) is 9.88 Å². The number of rotatable bonds is 2. The Labute approximate surface area is 143 Å². The Balaban J connectivity index is 1.49. The van der Waals surface area contributed by atoms with Crippen LogP contribution in [-0.2, 0) is 0 Å². The highest BCUT2D eigenvalue weighted by molar-refractivity contribution is 7.22. The lowest BCUT2D eigenvalue weighted by atomic mass is 10.3. The zero-order valence-corrected chi connectivity index (χ0v) is 14.3. The van der Waals surface area contributed by atoms with Crippen LogP contribution >= 0.6 is 22.7 Å². The molecule has 0 aliphatic carbocycles. The van der Waals surface area contributed by atoms with Gasteiger partial charge in [-0.25, -0.2) is 4.98 Å². The Morgan fingerprint density at radius 1 is 1.09 bits per heavy atom. The maximum absolute atomic E-state index is 12.5. The van der Waals surface area contributed by atoms with Gasteiger partial charge in [-0.3, -0.25) is 4.79 Å². The van der Waals surface area contributed by atoms with Crippen molar-refractivity contribution in [2.24, 2.45) is 0 Å². The first kappa shape index (κ1) is 14.7. The summed E-state index contributed by atoms with van der Waals surface area (Å²) in [5.74, 6) is 0.150. The van der Waals surface area contributed by atoms with Crippen LogP contribution < -0.4 is 4.90 Å². The molecule has 0 unspecified atom stereocenters. The van der Waals surface area contributed by atoms with Crippen LogP contribution in [0.2, 0.25) is 0 Å². The number of nitrogens with zero attached hydrogens (tertiary/aromatic N) is 3. The molecule has 0 atom stereocenters. The van der Waals surface area contributed by atoms with Gasteiger partial charge in [0.25, 0.3) is 5.91 Å². The van der Waals surface area contributed by atoms with Crippen molar-refractivity contribution in [3.05, 3.63) is 46.7 Å². The molecule has 6 heteroatoms. The minimum atomic E-state index is 0.150. The van der Waals surface area contributed by atoms with Gasteiger partial charge in [0.1, 0.15) is 0 Å². The molecule has 23 heavy (non-hydrogen) atoms. The predicted molar refractivity (Wildman–Crippen MR) is 96.7 cm³/mol. The molecular formula is C17H17N3OS2. The average molecular weight is 343 g/mol. The number of amides is 1. The molecule has 1 aliphatic rings. The second-order valence-electron chi connectivity index (χ2n) is 5.61. The first-order chi connectivity index (χ1) is 11.3. The maximum Gasteiger partial charge on any atom is 0.254 e. The summed E-state index contributed by atoms with van der Waals surface area (Å²) in [7, 11) is 0. The molecule has 4 rings (SSSR count). The molecule has 4 nitrogen and oxygen atoms in total. The molecule has 118 valence electrons. The smallest absolute Gasteiger partial charge is 0.254 e. The third-order valence-electron chi connectivity index (χ3n) is 4.10. The SMILES string of the molecule is O=C(c1ccsc1)N1CCCN(c2nc3ccccc3s2)CC1. The predicted octanol–water partition coefficient (Wildman–Crippen LogP) is 3.71. The van der Waals surface area contributed by atoms with Crippen LogP contribution in [0.4, 0.5) is 5.13 Å². The largest absolute Gasteiger partial charge is 0.346 e. The van der Waals surface area contributed by atoms with E-state index in [1.807, 2.05) is 33.9 Å². The quantitative estimate of drug-likeness (QED) is 0.712. The van der Waals surface area contributed by atoms with E-state index in [0.29, 0.717) is 0 Å². The molecule has 1 saturated heterocycles. The molecule has 1 fully saturated rings. The Hall–Kier alpha value is -1.92. The molecule has 2 aromatic heterocycles. The number of aromatic nitrogens is 1. The van der Waals surface area contributed by atoms with Gasteiger partial charge >= 0.3 is 0 Å². The first-order valence-electron chi connectivity index (χ1n) is 7.73. The molecule has 0 radical (unpaired) electrons. The summed E-state index contributed by atoms with van der Waals surface area (Å²) in [6, 6.07) is 10.1. The third kappa shape index (κ3) is 2.96. The van der Waals surface area contributed by atoms with Crippen LogP contribution in [0, 0.1) is 0 Å². The van der Waals surface area contributed by atoms with Crippen molar-refractivity contribution in [1.29, 1.82) is 0 Å². The highest BCUT2D eigenvalue weighted by Crippen LogP contribution is 2.29. The number of hydrogen-bond donors (Lipinski definition) is 0. The van der Waals surface area contributed by atoms with E-state index in [1.54, 1.807) is 22.7 Å². The van der Waals surface area contributed by atoms with Gasteiger partial charge in [-0.2, -0.15) is 11.3 Å². The maximum atomic E-state index is 12.5. The Morgan fingerprint density at radius 3 is 2.83 bits per heavy atom. The van der Waals surface area contributed by atoms with E-state index < -0.39 is 0 Å². The molecule has 0 N–H and O–H groups in total. The standard InChI is InChI=1S/C17H17N3OS2/c21-16(13-6-11-22-12-13)19-7-3-8-20(10-9-19)17-18-14-4-1-2-5-15(14)23-17/h1-2,4-6,11-12H,3,7-10H2. The molecule has 1 amide bonds. The average Bonchev–Trinajstić information content (AvgIpc) is 3.19. The third-order valence-corrected chi connectivity index (χ3v) is 5.88. The van der Waals surface area contributed by atoms with Gasteiger partial charge < -0.3 is 9.80 Å². The summed E-state index contributed by atoms with van der Waals surface area (Å²) >= 11 is 3.30. The molecule has 1 aromatic carbocycles. The minimum Gasteiger partial charge on any atom is -0.346 e. The monoisotopic (exact) mass is 343 g/mol. The fourth-order valence-corrected chi connectivity index (χ4v) is 4.52.